The molecule has 0 unspecified atom stereocenters. The van der Waals surface area contributed by atoms with Gasteiger partial charge in [0, 0.05) is 5.54 Å². The summed E-state index contributed by atoms with van der Waals surface area (Å²) in [5.41, 5.74) is 6.87. The first kappa shape index (κ1) is 9.16. The molecule has 1 aliphatic carbocycles. The summed E-state index contributed by atoms with van der Waals surface area (Å²) in [5.74, 6) is -0.207. The van der Waals surface area contributed by atoms with Gasteiger partial charge in [0.2, 0.25) is 0 Å². The first-order chi connectivity index (χ1) is 6.11. The van der Waals surface area contributed by atoms with Crippen molar-refractivity contribution < 1.29 is 4.39 Å². The maximum absolute atomic E-state index is 13.1. The van der Waals surface area contributed by atoms with E-state index in [0.29, 0.717) is 4.47 Å². The fraction of sp³-hybridized carbons (Fsp3) is 0.400. The standard InChI is InChI=1S/C10H11BrFN/c11-9-7(2-1-3-8(9)12)6-10(13)4-5-10/h1-3H,4-6,13H2. The predicted octanol–water partition coefficient (Wildman–Crippen LogP) is 2.62. The highest BCUT2D eigenvalue weighted by Crippen LogP contribution is 2.37. The van der Waals surface area contributed by atoms with E-state index in [-0.39, 0.29) is 11.4 Å². The Kier molecular flexibility index (Phi) is 2.16. The molecule has 0 radical (unpaired) electrons. The van der Waals surface area contributed by atoms with Gasteiger partial charge in [0.05, 0.1) is 4.47 Å². The number of nitrogens with two attached hydrogens (primary N) is 1. The predicted molar refractivity (Wildman–Crippen MR) is 54.0 cm³/mol. The van der Waals surface area contributed by atoms with E-state index in [0.717, 1.165) is 24.8 Å². The second-order valence-electron chi connectivity index (χ2n) is 3.75. The largest absolute Gasteiger partial charge is 0.325 e. The average Bonchev–Trinajstić information content (AvgIpc) is 2.78. The second kappa shape index (κ2) is 3.07. The minimum Gasteiger partial charge on any atom is -0.325 e. The van der Waals surface area contributed by atoms with Gasteiger partial charge in [-0.25, -0.2) is 4.39 Å². The number of benzene rings is 1. The number of hydrogen-bond donors (Lipinski definition) is 1. The molecule has 1 nitrogen and oxygen atoms in total. The molecule has 70 valence electrons. The molecular weight excluding hydrogens is 233 g/mol. The highest BCUT2D eigenvalue weighted by Gasteiger charge is 2.38. The summed E-state index contributed by atoms with van der Waals surface area (Å²) in [6.45, 7) is 0. The van der Waals surface area contributed by atoms with Crippen molar-refractivity contribution in [2.45, 2.75) is 24.8 Å². The first-order valence-electron chi connectivity index (χ1n) is 4.32. The van der Waals surface area contributed by atoms with Crippen LogP contribution in [0.4, 0.5) is 4.39 Å². The van der Waals surface area contributed by atoms with E-state index in [9.17, 15) is 4.39 Å². The van der Waals surface area contributed by atoms with Crippen LogP contribution in [-0.2, 0) is 6.42 Å². The van der Waals surface area contributed by atoms with Gasteiger partial charge in [-0.2, -0.15) is 0 Å². The maximum atomic E-state index is 13.1. The molecule has 0 saturated heterocycles. The SMILES string of the molecule is NC1(Cc2cccc(F)c2Br)CC1. The summed E-state index contributed by atoms with van der Waals surface area (Å²) in [6.07, 6.45) is 2.87. The molecule has 0 aliphatic heterocycles. The molecule has 1 saturated carbocycles. The van der Waals surface area contributed by atoms with Crippen molar-refractivity contribution in [3.05, 3.63) is 34.1 Å². The van der Waals surface area contributed by atoms with Gasteiger partial charge in [0.1, 0.15) is 5.82 Å². The Hall–Kier alpha value is -0.410. The lowest BCUT2D eigenvalue weighted by Crippen LogP contribution is -2.24. The second-order valence-corrected chi connectivity index (χ2v) is 4.55. The lowest BCUT2D eigenvalue weighted by Gasteiger charge is -2.10. The number of rotatable bonds is 2. The van der Waals surface area contributed by atoms with E-state index >= 15 is 0 Å². The van der Waals surface area contributed by atoms with Gasteiger partial charge in [0.15, 0.2) is 0 Å². The molecule has 2 rings (SSSR count). The highest BCUT2D eigenvalue weighted by atomic mass is 79.9. The van der Waals surface area contributed by atoms with Crippen LogP contribution in [0.5, 0.6) is 0 Å². The Balaban J connectivity index is 2.25. The zero-order chi connectivity index (χ0) is 9.47. The van der Waals surface area contributed by atoms with Crippen molar-refractivity contribution in [1.29, 1.82) is 0 Å². The van der Waals surface area contributed by atoms with Crippen LogP contribution < -0.4 is 5.73 Å². The quantitative estimate of drug-likeness (QED) is 0.850. The van der Waals surface area contributed by atoms with Crippen molar-refractivity contribution >= 4 is 15.9 Å². The summed E-state index contributed by atoms with van der Waals surface area (Å²) in [4.78, 5) is 0. The zero-order valence-electron chi connectivity index (χ0n) is 7.19. The van der Waals surface area contributed by atoms with Gasteiger partial charge in [-0.1, -0.05) is 12.1 Å². The lowest BCUT2D eigenvalue weighted by molar-refractivity contribution is 0.610. The van der Waals surface area contributed by atoms with Gasteiger partial charge < -0.3 is 5.73 Å². The molecule has 3 heteroatoms. The first-order valence-corrected chi connectivity index (χ1v) is 5.12. The van der Waals surface area contributed by atoms with Crippen molar-refractivity contribution in [2.75, 3.05) is 0 Å². The van der Waals surface area contributed by atoms with E-state index < -0.39 is 0 Å². The topological polar surface area (TPSA) is 26.0 Å². The van der Waals surface area contributed by atoms with E-state index in [1.165, 1.54) is 6.07 Å². The molecule has 2 N–H and O–H groups in total. The molecule has 1 aromatic carbocycles. The molecule has 1 aliphatic rings. The summed E-state index contributed by atoms with van der Waals surface area (Å²) in [5, 5.41) is 0. The van der Waals surface area contributed by atoms with Crippen LogP contribution in [0, 0.1) is 5.82 Å². The van der Waals surface area contributed by atoms with Crippen molar-refractivity contribution in [1.82, 2.24) is 0 Å². The molecule has 0 atom stereocenters. The summed E-state index contributed by atoms with van der Waals surface area (Å²) in [7, 11) is 0. The summed E-state index contributed by atoms with van der Waals surface area (Å²) < 4.78 is 13.6. The van der Waals surface area contributed by atoms with Crippen LogP contribution in [-0.4, -0.2) is 5.54 Å². The normalized spacial score (nSPS) is 18.7. The van der Waals surface area contributed by atoms with Gasteiger partial charge in [-0.15, -0.1) is 0 Å². The van der Waals surface area contributed by atoms with Crippen LogP contribution >= 0.6 is 15.9 Å². The zero-order valence-corrected chi connectivity index (χ0v) is 8.77. The van der Waals surface area contributed by atoms with E-state index in [2.05, 4.69) is 15.9 Å². The third kappa shape index (κ3) is 1.92. The third-order valence-corrected chi connectivity index (χ3v) is 3.35. The van der Waals surface area contributed by atoms with Crippen molar-refractivity contribution in [3.63, 3.8) is 0 Å². The Bertz CT molecular complexity index is 334. The van der Waals surface area contributed by atoms with Gasteiger partial charge in [0.25, 0.3) is 0 Å². The molecule has 1 fully saturated rings. The van der Waals surface area contributed by atoms with Crippen LogP contribution in [0.15, 0.2) is 22.7 Å². The van der Waals surface area contributed by atoms with Crippen LogP contribution in [0.2, 0.25) is 0 Å². The smallest absolute Gasteiger partial charge is 0.137 e. The molecule has 0 amide bonds. The Morgan fingerprint density at radius 3 is 2.77 bits per heavy atom. The molecule has 1 aromatic rings. The lowest BCUT2D eigenvalue weighted by atomic mass is 10.1. The van der Waals surface area contributed by atoms with Crippen LogP contribution in [0.3, 0.4) is 0 Å². The van der Waals surface area contributed by atoms with Crippen molar-refractivity contribution in [2.24, 2.45) is 5.73 Å². The highest BCUT2D eigenvalue weighted by molar-refractivity contribution is 9.10. The molecule has 0 aromatic heterocycles. The average molecular weight is 244 g/mol. The fourth-order valence-corrected chi connectivity index (χ4v) is 1.81. The summed E-state index contributed by atoms with van der Waals surface area (Å²) in [6, 6.07) is 5.09. The van der Waals surface area contributed by atoms with E-state index in [1.54, 1.807) is 6.07 Å². The van der Waals surface area contributed by atoms with Gasteiger partial charge in [-0.05, 0) is 46.8 Å². The molecular formula is C10H11BrFN. The molecule has 0 heterocycles. The van der Waals surface area contributed by atoms with Crippen molar-refractivity contribution in [3.8, 4) is 0 Å². The van der Waals surface area contributed by atoms with E-state index in [1.807, 2.05) is 6.07 Å². The van der Waals surface area contributed by atoms with E-state index in [4.69, 9.17) is 5.73 Å². The van der Waals surface area contributed by atoms with Gasteiger partial charge in [-0.3, -0.25) is 0 Å². The maximum Gasteiger partial charge on any atom is 0.137 e. The minimum absolute atomic E-state index is 0.0592. The minimum atomic E-state index is -0.207. The Morgan fingerprint density at radius 1 is 1.46 bits per heavy atom. The number of halogens is 2. The monoisotopic (exact) mass is 243 g/mol. The number of hydrogen-bond acceptors (Lipinski definition) is 1. The fourth-order valence-electron chi connectivity index (χ4n) is 1.40. The van der Waals surface area contributed by atoms with Gasteiger partial charge >= 0.3 is 0 Å². The molecule has 0 spiro atoms. The molecule has 13 heavy (non-hydrogen) atoms. The summed E-state index contributed by atoms with van der Waals surface area (Å²) >= 11 is 3.23. The van der Waals surface area contributed by atoms with Crippen LogP contribution in [0.1, 0.15) is 18.4 Å². The third-order valence-electron chi connectivity index (χ3n) is 2.47. The Labute approximate surface area is 85.3 Å². The molecule has 0 bridgehead atoms. The Morgan fingerprint density at radius 2 is 2.15 bits per heavy atom. The van der Waals surface area contributed by atoms with Crippen LogP contribution in [0.25, 0.3) is 0 Å².